The second-order valence-corrected chi connectivity index (χ2v) is 1.54. The van der Waals surface area contributed by atoms with Crippen molar-refractivity contribution in [2.24, 2.45) is 0 Å². The van der Waals surface area contributed by atoms with Crippen molar-refractivity contribution in [2.45, 2.75) is 0 Å². The summed E-state index contributed by atoms with van der Waals surface area (Å²) in [7, 11) is -4.64. The Labute approximate surface area is 170 Å². The van der Waals surface area contributed by atoms with E-state index < -0.39 is 7.82 Å². The molecule has 0 radical (unpaired) electrons. The predicted molar refractivity (Wildman–Crippen MR) is 50.0 cm³/mol. The minimum atomic E-state index is -4.64. The first-order chi connectivity index (χ1) is 2.00. The van der Waals surface area contributed by atoms with E-state index in [2.05, 4.69) is 0 Å². The molecule has 0 aromatic rings. The van der Waals surface area contributed by atoms with Crippen molar-refractivity contribution in [2.75, 3.05) is 0 Å². The van der Waals surface area contributed by atoms with Crippen LogP contribution in [0.25, 0.3) is 0 Å². The fourth-order valence-electron chi connectivity index (χ4n) is 0. The van der Waals surface area contributed by atoms with Gasteiger partial charge in [0.2, 0.25) is 0 Å². The van der Waals surface area contributed by atoms with Crippen molar-refractivity contribution in [1.29, 1.82) is 0 Å². The van der Waals surface area contributed by atoms with E-state index in [-0.39, 0.29) is 148 Å². The van der Waals surface area contributed by atoms with Gasteiger partial charge in [-0.3, -0.25) is 0 Å². The number of hydrogen-bond donors (Lipinski definition) is 3. The average Bonchev–Trinajstić information content (AvgIpc) is 0.722. The third kappa shape index (κ3) is 73.6. The van der Waals surface area contributed by atoms with Crippen LogP contribution in [0.2, 0.25) is 0 Å². The first-order valence-electron chi connectivity index (χ1n) is 0.783. The molecule has 0 aliphatic heterocycles. The van der Waals surface area contributed by atoms with Crippen LogP contribution in [-0.4, -0.2) is 162 Å². The molecule has 0 spiro atoms. The van der Waals surface area contributed by atoms with E-state index in [4.69, 9.17) is 19.2 Å². The maximum atomic E-state index is 8.88. The van der Waals surface area contributed by atoms with Gasteiger partial charge in [-0.2, -0.15) is 0 Å². The fourth-order valence-corrected chi connectivity index (χ4v) is 0. The average molecular weight is 218 g/mol. The first kappa shape index (κ1) is 36.2. The summed E-state index contributed by atoms with van der Waals surface area (Å²) in [6, 6.07) is 0. The van der Waals surface area contributed by atoms with Crippen LogP contribution in [0, 0.1) is 0 Å². The molecule has 0 aliphatic rings. The zero-order valence-corrected chi connectivity index (χ0v) is 3.09. The molecule has 0 amide bonds. The summed E-state index contributed by atoms with van der Waals surface area (Å²) < 4.78 is 8.88. The Morgan fingerprint density at radius 2 is 0.700 bits per heavy atom. The Morgan fingerprint density at radius 1 is 0.700 bits per heavy atom. The topological polar surface area (TPSA) is 77.8 Å². The monoisotopic (exact) mass is 218 g/mol. The van der Waals surface area contributed by atoms with Gasteiger partial charge >= 0.3 is 156 Å². The third-order valence-corrected chi connectivity index (χ3v) is 0. The van der Waals surface area contributed by atoms with Crippen LogP contribution in [0.3, 0.4) is 0 Å². The summed E-state index contributed by atoms with van der Waals surface area (Å²) in [4.78, 5) is 21.6. The minimum absolute atomic E-state index is 0. The molecule has 0 aliphatic carbocycles. The van der Waals surface area contributed by atoms with Gasteiger partial charge in [0.15, 0.2) is 0 Å². The normalized spacial score (nSPS) is 5.90. The van der Waals surface area contributed by atoms with Crippen LogP contribution >= 0.6 is 7.82 Å². The Kier molecular flexibility index (Phi) is 71.2. The molecule has 42 valence electrons. The molecule has 0 fully saturated rings. The Balaban J connectivity index is -0.00000000800. The molecule has 0 saturated heterocycles. The number of phosphoric acid groups is 1. The van der Waals surface area contributed by atoms with Gasteiger partial charge < -0.3 is 14.7 Å². The Morgan fingerprint density at radius 3 is 0.700 bits per heavy atom. The van der Waals surface area contributed by atoms with Crippen LogP contribution in [0.15, 0.2) is 0 Å². The molecule has 4 nitrogen and oxygen atoms in total. The van der Waals surface area contributed by atoms with Crippen LogP contribution < -0.4 is 0 Å². The summed E-state index contributed by atoms with van der Waals surface area (Å²) in [5.74, 6) is 0. The van der Waals surface area contributed by atoms with Crippen molar-refractivity contribution in [3.63, 3.8) is 0 Å². The molecule has 3 N–H and O–H groups in total. The fraction of sp³-hybridized carbons (Fsp3) is 0. The molecule has 0 atom stereocenters. The molecule has 0 rings (SSSR count). The predicted octanol–water partition coefficient (Wildman–Crippen LogP) is -4.17. The molecule has 0 bridgehead atoms. The number of rotatable bonds is 0. The Hall–Kier alpha value is 5.11. The van der Waals surface area contributed by atoms with Gasteiger partial charge in [0.25, 0.3) is 0 Å². The second kappa shape index (κ2) is 19.6. The van der Waals surface area contributed by atoms with Crippen molar-refractivity contribution >= 4 is 156 Å². The van der Waals surface area contributed by atoms with Gasteiger partial charge in [0, 0.05) is 0 Å². The molecular formula is H8Na5O4P. The third-order valence-electron chi connectivity index (χ3n) is 0. The summed E-state index contributed by atoms with van der Waals surface area (Å²) in [6.07, 6.45) is 0. The van der Waals surface area contributed by atoms with E-state index in [0.717, 1.165) is 0 Å². The number of hydrogen-bond acceptors (Lipinski definition) is 1. The Bertz CT molecular complexity index is 59.8. The van der Waals surface area contributed by atoms with E-state index in [1.165, 1.54) is 0 Å². The van der Waals surface area contributed by atoms with Crippen molar-refractivity contribution in [1.82, 2.24) is 0 Å². The van der Waals surface area contributed by atoms with Crippen molar-refractivity contribution in [3.8, 4) is 0 Å². The van der Waals surface area contributed by atoms with Gasteiger partial charge in [-0.05, 0) is 0 Å². The summed E-state index contributed by atoms with van der Waals surface area (Å²) in [5, 5.41) is 0. The van der Waals surface area contributed by atoms with E-state index in [1.807, 2.05) is 0 Å². The summed E-state index contributed by atoms with van der Waals surface area (Å²) in [6.45, 7) is 0. The molecule has 0 aromatic carbocycles. The molecule has 0 unspecified atom stereocenters. The maximum absolute atomic E-state index is 8.88. The zero-order valence-electron chi connectivity index (χ0n) is 2.20. The quantitative estimate of drug-likeness (QED) is 0.285. The van der Waals surface area contributed by atoms with Gasteiger partial charge in [-0.1, -0.05) is 0 Å². The molecule has 0 heterocycles. The first-order valence-corrected chi connectivity index (χ1v) is 2.35. The van der Waals surface area contributed by atoms with E-state index in [9.17, 15) is 0 Å². The summed E-state index contributed by atoms with van der Waals surface area (Å²) >= 11 is 0. The molecular weight excluding hydrogens is 210 g/mol. The zero-order chi connectivity index (χ0) is 4.50. The van der Waals surface area contributed by atoms with Crippen molar-refractivity contribution in [3.05, 3.63) is 0 Å². The van der Waals surface area contributed by atoms with Gasteiger partial charge in [0.05, 0.1) is 0 Å². The molecule has 0 saturated carbocycles. The van der Waals surface area contributed by atoms with E-state index >= 15 is 0 Å². The SMILES string of the molecule is O=P(O)(O)O.[NaH].[NaH].[NaH].[NaH].[NaH]. The molecule has 0 aromatic heterocycles. The van der Waals surface area contributed by atoms with E-state index in [0.29, 0.717) is 0 Å². The van der Waals surface area contributed by atoms with Crippen LogP contribution in [0.1, 0.15) is 0 Å². The molecule has 10 heavy (non-hydrogen) atoms. The van der Waals surface area contributed by atoms with Crippen LogP contribution in [0.5, 0.6) is 0 Å². The standard InChI is InChI=1S/5Na.H3O4P.5H/c;;;;;1-5(2,3)4;;;;;/h;;;;;(H3,1,2,3,4);;;;;. The molecule has 10 heteroatoms. The van der Waals surface area contributed by atoms with Crippen LogP contribution in [-0.2, 0) is 4.57 Å². The second-order valence-electron chi connectivity index (χ2n) is 0.513. The van der Waals surface area contributed by atoms with E-state index in [1.54, 1.807) is 0 Å². The van der Waals surface area contributed by atoms with Gasteiger partial charge in [-0.15, -0.1) is 0 Å². The van der Waals surface area contributed by atoms with Gasteiger partial charge in [-0.25, -0.2) is 4.57 Å². The van der Waals surface area contributed by atoms with Crippen LogP contribution in [0.4, 0.5) is 0 Å². The van der Waals surface area contributed by atoms with Crippen molar-refractivity contribution < 1.29 is 19.2 Å². The summed E-state index contributed by atoms with van der Waals surface area (Å²) in [5.41, 5.74) is 0. The van der Waals surface area contributed by atoms with Gasteiger partial charge in [0.1, 0.15) is 0 Å².